The van der Waals surface area contributed by atoms with Crippen LogP contribution >= 0.6 is 0 Å². The first-order valence-corrected chi connectivity index (χ1v) is 12.0. The Bertz CT molecular complexity index is 1030. The summed E-state index contributed by atoms with van der Waals surface area (Å²) in [5, 5.41) is 0. The molecule has 1 atom stereocenters. The summed E-state index contributed by atoms with van der Waals surface area (Å²) in [6.07, 6.45) is 2.97. The summed E-state index contributed by atoms with van der Waals surface area (Å²) in [7, 11) is -3.64. The maximum atomic E-state index is 12.9. The van der Waals surface area contributed by atoms with E-state index in [0.29, 0.717) is 30.3 Å². The van der Waals surface area contributed by atoms with E-state index < -0.39 is 21.8 Å². The molecule has 0 saturated carbocycles. The standard InChI is InChI=1S/C23H26N2O4S/c1-17-16-30(28,29)25(22(17)26)21-9-7-20(8-10-21)23(27)24-13-11-19(12-14-24)15-18-5-3-2-4-6-18/h2-10,17,19H,11-16H2,1H3. The van der Waals surface area contributed by atoms with Crippen molar-refractivity contribution in [3.63, 3.8) is 0 Å². The third kappa shape index (κ3) is 4.12. The van der Waals surface area contributed by atoms with Crippen LogP contribution in [0.4, 0.5) is 5.69 Å². The van der Waals surface area contributed by atoms with Crippen LogP contribution in [-0.4, -0.2) is 44.0 Å². The van der Waals surface area contributed by atoms with Gasteiger partial charge >= 0.3 is 0 Å². The molecule has 4 rings (SSSR count). The van der Waals surface area contributed by atoms with Crippen LogP contribution in [0, 0.1) is 11.8 Å². The Labute approximate surface area is 177 Å². The van der Waals surface area contributed by atoms with E-state index in [1.54, 1.807) is 31.2 Å². The van der Waals surface area contributed by atoms with Crippen molar-refractivity contribution in [3.05, 3.63) is 65.7 Å². The van der Waals surface area contributed by atoms with Crippen LogP contribution in [0.25, 0.3) is 0 Å². The Morgan fingerprint density at radius 1 is 1.00 bits per heavy atom. The molecular weight excluding hydrogens is 400 g/mol. The van der Waals surface area contributed by atoms with Gasteiger partial charge in [-0.2, -0.15) is 0 Å². The zero-order chi connectivity index (χ0) is 21.3. The molecule has 7 heteroatoms. The molecule has 0 bridgehead atoms. The highest BCUT2D eigenvalue weighted by Gasteiger charge is 2.42. The number of nitrogens with zero attached hydrogens (tertiary/aromatic N) is 2. The van der Waals surface area contributed by atoms with Crippen molar-refractivity contribution in [2.45, 2.75) is 26.2 Å². The van der Waals surface area contributed by atoms with Gasteiger partial charge in [0.2, 0.25) is 15.9 Å². The van der Waals surface area contributed by atoms with Gasteiger partial charge in [-0.25, -0.2) is 12.7 Å². The molecule has 2 fully saturated rings. The third-order valence-electron chi connectivity index (χ3n) is 5.98. The summed E-state index contributed by atoms with van der Waals surface area (Å²) < 4.78 is 25.3. The first kappa shape index (κ1) is 20.6. The van der Waals surface area contributed by atoms with Crippen LogP contribution in [0.2, 0.25) is 0 Å². The Hall–Kier alpha value is -2.67. The molecule has 0 spiro atoms. The second-order valence-electron chi connectivity index (χ2n) is 8.25. The number of likely N-dealkylation sites (tertiary alicyclic amines) is 1. The predicted molar refractivity (Wildman–Crippen MR) is 116 cm³/mol. The van der Waals surface area contributed by atoms with Crippen molar-refractivity contribution < 1.29 is 18.0 Å². The molecule has 2 aliphatic rings. The van der Waals surface area contributed by atoms with Crippen molar-refractivity contribution >= 4 is 27.5 Å². The van der Waals surface area contributed by atoms with Crippen molar-refractivity contribution in [1.82, 2.24) is 4.90 Å². The Balaban J connectivity index is 1.38. The lowest BCUT2D eigenvalue weighted by Gasteiger charge is -2.32. The van der Waals surface area contributed by atoms with Crippen molar-refractivity contribution in [3.8, 4) is 0 Å². The molecule has 2 heterocycles. The Morgan fingerprint density at radius 2 is 1.63 bits per heavy atom. The lowest BCUT2D eigenvalue weighted by Crippen LogP contribution is -2.39. The molecule has 0 radical (unpaired) electrons. The lowest BCUT2D eigenvalue weighted by molar-refractivity contribution is -0.119. The minimum absolute atomic E-state index is 0.0521. The van der Waals surface area contributed by atoms with Gasteiger partial charge in [0.25, 0.3) is 5.91 Å². The van der Waals surface area contributed by atoms with Crippen molar-refractivity contribution in [2.24, 2.45) is 11.8 Å². The average Bonchev–Trinajstić information content (AvgIpc) is 2.95. The fraction of sp³-hybridized carbons (Fsp3) is 0.391. The maximum Gasteiger partial charge on any atom is 0.253 e. The quantitative estimate of drug-likeness (QED) is 0.753. The van der Waals surface area contributed by atoms with E-state index in [0.717, 1.165) is 23.6 Å². The number of benzene rings is 2. The van der Waals surface area contributed by atoms with Crippen LogP contribution in [-0.2, 0) is 21.2 Å². The SMILES string of the molecule is CC1CS(=O)(=O)N(c2ccc(C(=O)N3CCC(Cc4ccccc4)CC3)cc2)C1=O. The minimum Gasteiger partial charge on any atom is -0.339 e. The van der Waals surface area contributed by atoms with Crippen LogP contribution < -0.4 is 4.31 Å². The van der Waals surface area contributed by atoms with Crippen molar-refractivity contribution in [2.75, 3.05) is 23.1 Å². The molecular formula is C23H26N2O4S. The van der Waals surface area contributed by atoms with Gasteiger partial charge in [0.05, 0.1) is 17.4 Å². The monoisotopic (exact) mass is 426 g/mol. The fourth-order valence-corrected chi connectivity index (χ4v) is 6.12. The van der Waals surface area contributed by atoms with E-state index >= 15 is 0 Å². The molecule has 0 N–H and O–H groups in total. The number of rotatable bonds is 4. The molecule has 0 aromatic heterocycles. The van der Waals surface area contributed by atoms with Crippen molar-refractivity contribution in [1.29, 1.82) is 0 Å². The van der Waals surface area contributed by atoms with E-state index in [-0.39, 0.29) is 11.7 Å². The van der Waals surface area contributed by atoms with Crippen LogP contribution in [0.5, 0.6) is 0 Å². The molecule has 2 aromatic carbocycles. The Kier molecular flexibility index (Phi) is 5.64. The predicted octanol–water partition coefficient (Wildman–Crippen LogP) is 3.09. The molecule has 2 aromatic rings. The number of carbonyl (C=O) groups is 2. The first-order valence-electron chi connectivity index (χ1n) is 10.4. The van der Waals surface area contributed by atoms with Gasteiger partial charge in [-0.1, -0.05) is 37.3 Å². The highest BCUT2D eigenvalue weighted by molar-refractivity contribution is 7.94. The average molecular weight is 427 g/mol. The summed E-state index contributed by atoms with van der Waals surface area (Å²) in [6.45, 7) is 3.04. The van der Waals surface area contributed by atoms with Crippen LogP contribution in [0.1, 0.15) is 35.7 Å². The number of piperidine rings is 1. The molecule has 2 amide bonds. The van der Waals surface area contributed by atoms with Gasteiger partial charge in [-0.05, 0) is 55.0 Å². The summed E-state index contributed by atoms with van der Waals surface area (Å²) in [5.41, 5.74) is 2.14. The molecule has 1 unspecified atom stereocenters. The molecule has 30 heavy (non-hydrogen) atoms. The first-order chi connectivity index (χ1) is 14.3. The highest BCUT2D eigenvalue weighted by atomic mass is 32.2. The van der Waals surface area contributed by atoms with Gasteiger partial charge in [0, 0.05) is 18.7 Å². The largest absolute Gasteiger partial charge is 0.339 e. The highest BCUT2D eigenvalue weighted by Crippen LogP contribution is 2.29. The van der Waals surface area contributed by atoms with Gasteiger partial charge in [0.15, 0.2) is 0 Å². The summed E-state index contributed by atoms with van der Waals surface area (Å²) in [5.74, 6) is -0.622. The van der Waals surface area contributed by atoms with E-state index in [1.807, 2.05) is 11.0 Å². The zero-order valence-corrected chi connectivity index (χ0v) is 17.8. The lowest BCUT2D eigenvalue weighted by atomic mass is 9.90. The minimum atomic E-state index is -3.64. The number of sulfonamides is 1. The molecule has 2 saturated heterocycles. The van der Waals surface area contributed by atoms with E-state index in [4.69, 9.17) is 0 Å². The van der Waals surface area contributed by atoms with E-state index in [1.165, 1.54) is 5.56 Å². The van der Waals surface area contributed by atoms with Crippen LogP contribution in [0.15, 0.2) is 54.6 Å². The number of hydrogen-bond donors (Lipinski definition) is 0. The fourth-order valence-electron chi connectivity index (χ4n) is 4.30. The van der Waals surface area contributed by atoms with E-state index in [2.05, 4.69) is 24.3 Å². The molecule has 0 aliphatic carbocycles. The second-order valence-corrected chi connectivity index (χ2v) is 10.1. The smallest absolute Gasteiger partial charge is 0.253 e. The topological polar surface area (TPSA) is 74.8 Å². The molecule has 158 valence electrons. The number of amides is 2. The summed E-state index contributed by atoms with van der Waals surface area (Å²) in [4.78, 5) is 26.9. The third-order valence-corrected chi connectivity index (χ3v) is 7.85. The zero-order valence-electron chi connectivity index (χ0n) is 17.0. The van der Waals surface area contributed by atoms with Gasteiger partial charge in [-0.3, -0.25) is 9.59 Å². The van der Waals surface area contributed by atoms with E-state index in [9.17, 15) is 18.0 Å². The second kappa shape index (κ2) is 8.22. The Morgan fingerprint density at radius 3 is 2.20 bits per heavy atom. The summed E-state index contributed by atoms with van der Waals surface area (Å²) in [6, 6.07) is 16.7. The number of anilines is 1. The molecule has 2 aliphatic heterocycles. The molecule has 6 nitrogen and oxygen atoms in total. The van der Waals surface area contributed by atoms with Gasteiger partial charge in [0.1, 0.15) is 0 Å². The maximum absolute atomic E-state index is 12.9. The number of hydrogen-bond acceptors (Lipinski definition) is 4. The normalized spacial score (nSPS) is 21.8. The van der Waals surface area contributed by atoms with Crippen LogP contribution in [0.3, 0.4) is 0 Å². The van der Waals surface area contributed by atoms with Gasteiger partial charge in [-0.15, -0.1) is 0 Å². The summed E-state index contributed by atoms with van der Waals surface area (Å²) >= 11 is 0. The van der Waals surface area contributed by atoms with Gasteiger partial charge < -0.3 is 4.90 Å². The number of carbonyl (C=O) groups excluding carboxylic acids is 2.